The van der Waals surface area contributed by atoms with E-state index in [4.69, 9.17) is 0 Å². The highest BCUT2D eigenvalue weighted by Crippen LogP contribution is 2.19. The summed E-state index contributed by atoms with van der Waals surface area (Å²) in [5, 5.41) is 4.05. The molecule has 16 heavy (non-hydrogen) atoms. The number of hydrogen-bond donors (Lipinski definition) is 0. The summed E-state index contributed by atoms with van der Waals surface area (Å²) in [6.07, 6.45) is 0. The van der Waals surface area contributed by atoms with Crippen molar-refractivity contribution in [2.24, 2.45) is 0 Å². The van der Waals surface area contributed by atoms with Crippen molar-refractivity contribution in [2.45, 2.75) is 0 Å². The van der Waals surface area contributed by atoms with Crippen molar-refractivity contribution < 1.29 is 0 Å². The van der Waals surface area contributed by atoms with Crippen LogP contribution in [0, 0.1) is 0 Å². The van der Waals surface area contributed by atoms with Crippen LogP contribution < -0.4 is 5.43 Å². The topological polar surface area (TPSA) is 17.1 Å². The van der Waals surface area contributed by atoms with Crippen LogP contribution in [0.4, 0.5) is 0 Å². The highest BCUT2D eigenvalue weighted by molar-refractivity contribution is 5.97. The first-order valence-electron chi connectivity index (χ1n) is 5.26. The lowest BCUT2D eigenvalue weighted by molar-refractivity contribution is 1.68. The predicted molar refractivity (Wildman–Crippen MR) is 67.7 cm³/mol. The van der Waals surface area contributed by atoms with Gasteiger partial charge in [-0.15, -0.1) is 0 Å². The van der Waals surface area contributed by atoms with Crippen molar-refractivity contribution >= 4 is 21.5 Å². The molecular formula is C15H10O. The van der Waals surface area contributed by atoms with Crippen LogP contribution in [0.1, 0.15) is 0 Å². The maximum absolute atomic E-state index is 11.7. The van der Waals surface area contributed by atoms with Crippen molar-refractivity contribution in [1.29, 1.82) is 0 Å². The van der Waals surface area contributed by atoms with Gasteiger partial charge in [0.2, 0.25) is 0 Å². The normalized spacial score (nSPS) is 10.8. The Bertz CT molecular complexity index is 729. The van der Waals surface area contributed by atoms with Crippen LogP contribution >= 0.6 is 0 Å². The molecule has 0 saturated heterocycles. The highest BCUT2D eigenvalue weighted by Gasteiger charge is 1.99. The second-order valence-electron chi connectivity index (χ2n) is 3.87. The van der Waals surface area contributed by atoms with Gasteiger partial charge in [-0.2, -0.15) is 0 Å². The van der Waals surface area contributed by atoms with E-state index in [2.05, 4.69) is 12.1 Å². The Morgan fingerprint density at radius 3 is 2.12 bits per heavy atom. The lowest BCUT2D eigenvalue weighted by Crippen LogP contribution is -1.97. The first-order valence-corrected chi connectivity index (χ1v) is 5.26. The van der Waals surface area contributed by atoms with E-state index < -0.39 is 0 Å². The summed E-state index contributed by atoms with van der Waals surface area (Å²) in [6.45, 7) is 0. The fourth-order valence-electron chi connectivity index (χ4n) is 2.00. The Labute approximate surface area is 93.0 Å². The summed E-state index contributed by atoms with van der Waals surface area (Å²) >= 11 is 0. The van der Waals surface area contributed by atoms with E-state index in [9.17, 15) is 4.79 Å². The van der Waals surface area contributed by atoms with Crippen LogP contribution in [-0.2, 0) is 0 Å². The van der Waals surface area contributed by atoms with E-state index in [0.29, 0.717) is 0 Å². The monoisotopic (exact) mass is 206 g/mol. The molecule has 0 aliphatic rings. The maximum atomic E-state index is 11.7. The van der Waals surface area contributed by atoms with Gasteiger partial charge in [0.25, 0.3) is 0 Å². The van der Waals surface area contributed by atoms with Crippen molar-refractivity contribution in [3.05, 3.63) is 70.9 Å². The van der Waals surface area contributed by atoms with Crippen LogP contribution in [0.3, 0.4) is 0 Å². The van der Waals surface area contributed by atoms with E-state index in [1.807, 2.05) is 36.4 Å². The fraction of sp³-hybridized carbons (Fsp3) is 0. The predicted octanol–water partition coefficient (Wildman–Crippen LogP) is 3.35. The summed E-state index contributed by atoms with van der Waals surface area (Å²) in [4.78, 5) is 11.7. The first kappa shape index (κ1) is 9.10. The largest absolute Gasteiger partial charge is 0.289 e. The average molecular weight is 206 g/mol. The quantitative estimate of drug-likeness (QED) is 0.551. The molecule has 0 radical (unpaired) electrons. The Balaban J connectivity index is 2.58. The summed E-state index contributed by atoms with van der Waals surface area (Å²) in [5.41, 5.74) is 0.0888. The standard InChI is InChI=1S/C15H10O/c16-15-8-4-7-13-9-11-5-2-1-3-6-12(11)10-14(13)15/h1-10H. The molecule has 0 unspecified atom stereocenters. The van der Waals surface area contributed by atoms with Gasteiger partial charge in [-0.25, -0.2) is 0 Å². The van der Waals surface area contributed by atoms with Crippen LogP contribution in [-0.4, -0.2) is 0 Å². The van der Waals surface area contributed by atoms with Crippen LogP contribution in [0.15, 0.2) is 65.5 Å². The smallest absolute Gasteiger partial charge is 0.186 e. The molecule has 3 aromatic carbocycles. The average Bonchev–Trinajstić information content (AvgIpc) is 2.52. The number of rotatable bonds is 0. The molecule has 0 heterocycles. The number of hydrogen-bond acceptors (Lipinski definition) is 1. The van der Waals surface area contributed by atoms with E-state index >= 15 is 0 Å². The summed E-state index contributed by atoms with van der Waals surface area (Å²) in [5.74, 6) is 0. The molecule has 0 fully saturated rings. The number of fused-ring (bicyclic) bond motifs is 2. The van der Waals surface area contributed by atoms with Crippen molar-refractivity contribution in [2.75, 3.05) is 0 Å². The Hall–Kier alpha value is -2.15. The summed E-state index contributed by atoms with van der Waals surface area (Å²) < 4.78 is 0. The minimum absolute atomic E-state index is 0.0888. The molecule has 0 amide bonds. The third kappa shape index (κ3) is 1.38. The van der Waals surface area contributed by atoms with Crippen molar-refractivity contribution in [3.63, 3.8) is 0 Å². The zero-order chi connectivity index (χ0) is 11.0. The van der Waals surface area contributed by atoms with Gasteiger partial charge in [0.15, 0.2) is 5.43 Å². The molecule has 0 atom stereocenters. The second-order valence-corrected chi connectivity index (χ2v) is 3.87. The minimum atomic E-state index is 0.0888. The number of benzene rings is 2. The third-order valence-corrected chi connectivity index (χ3v) is 2.82. The lowest BCUT2D eigenvalue weighted by Gasteiger charge is -1.98. The Kier molecular flexibility index (Phi) is 1.97. The summed E-state index contributed by atoms with van der Waals surface area (Å²) in [7, 11) is 0. The third-order valence-electron chi connectivity index (χ3n) is 2.82. The van der Waals surface area contributed by atoms with Crippen LogP contribution in [0.5, 0.6) is 0 Å². The second kappa shape index (κ2) is 3.46. The van der Waals surface area contributed by atoms with Crippen LogP contribution in [0.25, 0.3) is 21.5 Å². The molecular weight excluding hydrogens is 196 g/mol. The molecule has 0 bridgehead atoms. The zero-order valence-electron chi connectivity index (χ0n) is 8.68. The molecule has 3 rings (SSSR count). The molecule has 76 valence electrons. The molecule has 0 aromatic heterocycles. The molecule has 3 aromatic rings. The lowest BCUT2D eigenvalue weighted by atomic mass is 10.1. The van der Waals surface area contributed by atoms with E-state index in [0.717, 1.165) is 21.5 Å². The summed E-state index contributed by atoms with van der Waals surface area (Å²) in [6, 6.07) is 19.5. The molecule has 1 heteroatoms. The van der Waals surface area contributed by atoms with Crippen molar-refractivity contribution in [1.82, 2.24) is 0 Å². The zero-order valence-corrected chi connectivity index (χ0v) is 8.68. The minimum Gasteiger partial charge on any atom is -0.289 e. The molecule has 0 aliphatic carbocycles. The molecule has 1 nitrogen and oxygen atoms in total. The molecule has 0 saturated carbocycles. The van der Waals surface area contributed by atoms with Gasteiger partial charge in [-0.3, -0.25) is 4.79 Å². The highest BCUT2D eigenvalue weighted by atomic mass is 16.1. The first-order chi connectivity index (χ1) is 7.84. The Morgan fingerprint density at radius 2 is 1.31 bits per heavy atom. The van der Waals surface area contributed by atoms with Gasteiger partial charge in [0.1, 0.15) is 0 Å². The molecule has 0 spiro atoms. The molecule has 0 aliphatic heterocycles. The SMILES string of the molecule is O=c1cccc2cc3cccccc3cc12. The maximum Gasteiger partial charge on any atom is 0.186 e. The van der Waals surface area contributed by atoms with Gasteiger partial charge in [-0.1, -0.05) is 42.5 Å². The fourth-order valence-corrected chi connectivity index (χ4v) is 2.00. The van der Waals surface area contributed by atoms with Gasteiger partial charge in [0.05, 0.1) is 0 Å². The van der Waals surface area contributed by atoms with Gasteiger partial charge >= 0.3 is 0 Å². The van der Waals surface area contributed by atoms with Crippen LogP contribution in [0.2, 0.25) is 0 Å². The van der Waals surface area contributed by atoms with Gasteiger partial charge < -0.3 is 0 Å². The Morgan fingerprint density at radius 1 is 0.625 bits per heavy atom. The van der Waals surface area contributed by atoms with E-state index in [-0.39, 0.29) is 5.43 Å². The van der Waals surface area contributed by atoms with E-state index in [1.165, 1.54) is 0 Å². The van der Waals surface area contributed by atoms with Gasteiger partial charge in [-0.05, 0) is 34.4 Å². The van der Waals surface area contributed by atoms with Crippen molar-refractivity contribution in [3.8, 4) is 0 Å². The molecule has 0 N–H and O–H groups in total. The van der Waals surface area contributed by atoms with E-state index in [1.54, 1.807) is 12.1 Å². The van der Waals surface area contributed by atoms with Gasteiger partial charge in [0, 0.05) is 5.39 Å².